The normalized spacial score (nSPS) is 17.4. The maximum atomic E-state index is 13.0. The molecule has 0 unspecified atom stereocenters. The number of aromatic nitrogens is 3. The second-order valence-corrected chi connectivity index (χ2v) is 7.51. The number of aryl methyl sites for hydroxylation is 1. The van der Waals surface area contributed by atoms with Crippen molar-refractivity contribution in [3.8, 4) is 0 Å². The van der Waals surface area contributed by atoms with Gasteiger partial charge in [0, 0.05) is 31.9 Å². The van der Waals surface area contributed by atoms with Gasteiger partial charge in [0.15, 0.2) is 5.69 Å². The van der Waals surface area contributed by atoms with Gasteiger partial charge in [0.1, 0.15) is 0 Å². The van der Waals surface area contributed by atoms with E-state index in [1.54, 1.807) is 0 Å². The van der Waals surface area contributed by atoms with Gasteiger partial charge in [0.05, 0.1) is 11.7 Å². The Hall–Kier alpha value is -1.83. The molecule has 0 bridgehead atoms. The van der Waals surface area contributed by atoms with Crippen LogP contribution in [0.1, 0.15) is 40.6 Å². The minimum atomic E-state index is 0. The standard InChI is InChI=1S/C20H28N6O.2ClH/c1-15-5-3-4-6-18(15)24-11-13-25(14-12-24)20(27)19-16(2)26(23-22-19)17-7-9-21-10-8-17;;/h3-6,17,21H,7-14H2,1-2H3;2*1H. The molecule has 1 aromatic heterocycles. The molecule has 0 aliphatic carbocycles. The molecular formula is C20H30Cl2N6O. The van der Waals surface area contributed by atoms with Gasteiger partial charge in [0.2, 0.25) is 0 Å². The Morgan fingerprint density at radius 2 is 1.69 bits per heavy atom. The summed E-state index contributed by atoms with van der Waals surface area (Å²) in [7, 11) is 0. The van der Waals surface area contributed by atoms with E-state index in [-0.39, 0.29) is 30.7 Å². The third kappa shape index (κ3) is 4.85. The van der Waals surface area contributed by atoms with E-state index < -0.39 is 0 Å². The molecule has 2 aromatic rings. The second kappa shape index (κ2) is 10.3. The number of piperazine rings is 1. The first-order chi connectivity index (χ1) is 13.1. The molecule has 0 spiro atoms. The van der Waals surface area contributed by atoms with Crippen molar-refractivity contribution in [1.82, 2.24) is 25.2 Å². The number of carbonyl (C=O) groups excluding carboxylic acids is 1. The largest absolute Gasteiger partial charge is 0.368 e. The molecule has 1 aromatic carbocycles. The van der Waals surface area contributed by atoms with Crippen LogP contribution in [0, 0.1) is 13.8 Å². The number of hydrogen-bond acceptors (Lipinski definition) is 5. The van der Waals surface area contributed by atoms with E-state index in [1.807, 2.05) is 16.5 Å². The van der Waals surface area contributed by atoms with E-state index in [4.69, 9.17) is 0 Å². The molecule has 2 aliphatic rings. The van der Waals surface area contributed by atoms with Gasteiger partial charge in [-0.25, -0.2) is 4.68 Å². The Labute approximate surface area is 184 Å². The van der Waals surface area contributed by atoms with Crippen molar-refractivity contribution < 1.29 is 4.79 Å². The van der Waals surface area contributed by atoms with Crippen LogP contribution in [0.25, 0.3) is 0 Å². The molecule has 2 saturated heterocycles. The lowest BCUT2D eigenvalue weighted by Crippen LogP contribution is -2.49. The van der Waals surface area contributed by atoms with E-state index in [0.717, 1.165) is 44.7 Å². The fraction of sp³-hybridized carbons (Fsp3) is 0.550. The number of carbonyl (C=O) groups is 1. The van der Waals surface area contributed by atoms with E-state index in [0.29, 0.717) is 24.8 Å². The summed E-state index contributed by atoms with van der Waals surface area (Å²) in [5.74, 6) is 0.0112. The maximum absolute atomic E-state index is 13.0. The molecule has 0 radical (unpaired) electrons. The number of para-hydroxylation sites is 1. The number of benzene rings is 1. The van der Waals surface area contributed by atoms with Gasteiger partial charge in [-0.05, 0) is 51.4 Å². The number of rotatable bonds is 3. The zero-order valence-electron chi connectivity index (χ0n) is 17.0. The predicted octanol–water partition coefficient (Wildman–Crippen LogP) is 2.63. The molecule has 160 valence electrons. The summed E-state index contributed by atoms with van der Waals surface area (Å²) in [6, 6.07) is 8.77. The summed E-state index contributed by atoms with van der Waals surface area (Å²) in [5.41, 5.74) is 3.95. The lowest BCUT2D eigenvalue weighted by Gasteiger charge is -2.36. The average Bonchev–Trinajstić information content (AvgIpc) is 3.10. The maximum Gasteiger partial charge on any atom is 0.276 e. The van der Waals surface area contributed by atoms with Crippen LogP contribution in [-0.2, 0) is 0 Å². The zero-order valence-corrected chi connectivity index (χ0v) is 18.6. The summed E-state index contributed by atoms with van der Waals surface area (Å²) in [4.78, 5) is 17.3. The van der Waals surface area contributed by atoms with Crippen LogP contribution in [0.5, 0.6) is 0 Å². The van der Waals surface area contributed by atoms with Crippen LogP contribution in [0.2, 0.25) is 0 Å². The molecule has 2 fully saturated rings. The lowest BCUT2D eigenvalue weighted by atomic mass is 10.1. The minimum Gasteiger partial charge on any atom is -0.368 e. The number of anilines is 1. The number of nitrogens with zero attached hydrogens (tertiary/aromatic N) is 5. The van der Waals surface area contributed by atoms with Crippen molar-refractivity contribution in [3.05, 3.63) is 41.2 Å². The lowest BCUT2D eigenvalue weighted by molar-refractivity contribution is 0.0740. The monoisotopic (exact) mass is 440 g/mol. The molecule has 0 atom stereocenters. The van der Waals surface area contributed by atoms with Gasteiger partial charge in [-0.2, -0.15) is 0 Å². The van der Waals surface area contributed by atoms with Crippen LogP contribution in [-0.4, -0.2) is 65.1 Å². The van der Waals surface area contributed by atoms with E-state index in [2.05, 4.69) is 51.7 Å². The Morgan fingerprint density at radius 1 is 1.03 bits per heavy atom. The number of halogens is 2. The van der Waals surface area contributed by atoms with Crippen molar-refractivity contribution in [2.45, 2.75) is 32.7 Å². The van der Waals surface area contributed by atoms with Crippen molar-refractivity contribution >= 4 is 36.4 Å². The third-order valence-corrected chi connectivity index (χ3v) is 5.81. The molecule has 1 amide bonds. The zero-order chi connectivity index (χ0) is 18.8. The fourth-order valence-electron chi connectivity index (χ4n) is 4.15. The molecule has 0 saturated carbocycles. The second-order valence-electron chi connectivity index (χ2n) is 7.51. The number of hydrogen-bond donors (Lipinski definition) is 1. The number of piperidine rings is 1. The molecule has 3 heterocycles. The summed E-state index contributed by atoms with van der Waals surface area (Å²) in [6.45, 7) is 9.21. The molecular weight excluding hydrogens is 411 g/mol. The summed E-state index contributed by atoms with van der Waals surface area (Å²) in [6.07, 6.45) is 2.07. The van der Waals surface area contributed by atoms with E-state index in [9.17, 15) is 4.79 Å². The SMILES string of the molecule is Cc1ccccc1N1CCN(C(=O)c2nnn(C3CCNCC3)c2C)CC1.Cl.Cl. The van der Waals surface area contributed by atoms with E-state index in [1.165, 1.54) is 11.3 Å². The summed E-state index contributed by atoms with van der Waals surface area (Å²) < 4.78 is 1.96. The van der Waals surface area contributed by atoms with Gasteiger partial charge in [0.25, 0.3) is 5.91 Å². The van der Waals surface area contributed by atoms with Crippen LogP contribution in [0.15, 0.2) is 24.3 Å². The molecule has 29 heavy (non-hydrogen) atoms. The van der Waals surface area contributed by atoms with E-state index >= 15 is 0 Å². The topological polar surface area (TPSA) is 66.3 Å². The number of nitrogens with one attached hydrogen (secondary N) is 1. The third-order valence-electron chi connectivity index (χ3n) is 5.81. The minimum absolute atomic E-state index is 0. The van der Waals surface area contributed by atoms with Gasteiger partial charge >= 0.3 is 0 Å². The first-order valence-electron chi connectivity index (χ1n) is 9.87. The fourth-order valence-corrected chi connectivity index (χ4v) is 4.15. The predicted molar refractivity (Wildman–Crippen MR) is 120 cm³/mol. The first-order valence-corrected chi connectivity index (χ1v) is 9.87. The molecule has 9 heteroatoms. The average molecular weight is 441 g/mol. The number of amides is 1. The van der Waals surface area contributed by atoms with Crippen LogP contribution in [0.3, 0.4) is 0 Å². The molecule has 2 aliphatic heterocycles. The summed E-state index contributed by atoms with van der Waals surface area (Å²) in [5, 5.41) is 11.9. The highest BCUT2D eigenvalue weighted by atomic mass is 35.5. The van der Waals surface area contributed by atoms with Crippen molar-refractivity contribution in [2.75, 3.05) is 44.2 Å². The van der Waals surface area contributed by atoms with Gasteiger partial charge in [-0.1, -0.05) is 23.4 Å². The van der Waals surface area contributed by atoms with Crippen molar-refractivity contribution in [2.24, 2.45) is 0 Å². The Morgan fingerprint density at radius 3 is 2.34 bits per heavy atom. The van der Waals surface area contributed by atoms with Crippen molar-refractivity contribution in [3.63, 3.8) is 0 Å². The highest BCUT2D eigenvalue weighted by molar-refractivity contribution is 5.93. The Balaban J connectivity index is 0.00000150. The Kier molecular flexibility index (Phi) is 8.31. The van der Waals surface area contributed by atoms with Gasteiger partial charge in [-0.3, -0.25) is 4.79 Å². The molecule has 4 rings (SSSR count). The van der Waals surface area contributed by atoms with Crippen LogP contribution < -0.4 is 10.2 Å². The highest BCUT2D eigenvalue weighted by Crippen LogP contribution is 2.23. The van der Waals surface area contributed by atoms with Crippen LogP contribution >= 0.6 is 24.8 Å². The first kappa shape index (κ1) is 23.4. The Bertz CT molecular complexity index is 813. The smallest absolute Gasteiger partial charge is 0.276 e. The molecule has 1 N–H and O–H groups in total. The quantitative estimate of drug-likeness (QED) is 0.794. The highest BCUT2D eigenvalue weighted by Gasteiger charge is 2.28. The van der Waals surface area contributed by atoms with Crippen molar-refractivity contribution in [1.29, 1.82) is 0 Å². The summed E-state index contributed by atoms with van der Waals surface area (Å²) >= 11 is 0. The molecule has 7 nitrogen and oxygen atoms in total. The van der Waals surface area contributed by atoms with Gasteiger partial charge < -0.3 is 15.1 Å². The van der Waals surface area contributed by atoms with Gasteiger partial charge in [-0.15, -0.1) is 29.9 Å². The van der Waals surface area contributed by atoms with Crippen LogP contribution in [0.4, 0.5) is 5.69 Å².